The summed E-state index contributed by atoms with van der Waals surface area (Å²) in [6.45, 7) is 3.20. The van der Waals surface area contributed by atoms with Crippen LogP contribution in [0.4, 0.5) is 10.5 Å². The molecule has 4 rings (SSSR count). The van der Waals surface area contributed by atoms with Crippen LogP contribution in [0.15, 0.2) is 53.3 Å². The van der Waals surface area contributed by atoms with Crippen LogP contribution in [-0.4, -0.2) is 39.1 Å². The van der Waals surface area contributed by atoms with Crippen LogP contribution < -0.4 is 5.32 Å². The maximum atomic E-state index is 12.6. The van der Waals surface area contributed by atoms with E-state index >= 15 is 0 Å². The summed E-state index contributed by atoms with van der Waals surface area (Å²) in [4.78, 5) is 22.9. The normalized spacial score (nSPS) is 19.3. The zero-order valence-corrected chi connectivity index (χ0v) is 15.4. The van der Waals surface area contributed by atoms with Gasteiger partial charge in [-0.2, -0.15) is 4.98 Å². The molecular formula is C19H18ClN5O2. The lowest BCUT2D eigenvalue weighted by molar-refractivity contribution is 0.220. The number of benzene rings is 1. The molecule has 2 amide bonds. The molecule has 2 aromatic heterocycles. The second kappa shape index (κ2) is 7.36. The Kier molecular flexibility index (Phi) is 4.77. The van der Waals surface area contributed by atoms with E-state index in [4.69, 9.17) is 16.1 Å². The van der Waals surface area contributed by atoms with Crippen molar-refractivity contribution >= 4 is 23.3 Å². The van der Waals surface area contributed by atoms with Crippen LogP contribution in [0.2, 0.25) is 5.02 Å². The number of carbonyl (C=O) groups is 1. The predicted octanol–water partition coefficient (Wildman–Crippen LogP) is 4.05. The molecule has 1 aliphatic heterocycles. The molecule has 7 nitrogen and oxygen atoms in total. The van der Waals surface area contributed by atoms with E-state index in [0.29, 0.717) is 35.5 Å². The van der Waals surface area contributed by atoms with Gasteiger partial charge in [-0.3, -0.25) is 4.98 Å². The summed E-state index contributed by atoms with van der Waals surface area (Å²) in [6.07, 6.45) is 3.39. The van der Waals surface area contributed by atoms with E-state index in [0.717, 1.165) is 5.56 Å². The minimum Gasteiger partial charge on any atom is -0.339 e. The summed E-state index contributed by atoms with van der Waals surface area (Å²) >= 11 is 5.97. The quantitative estimate of drug-likeness (QED) is 0.737. The number of aromatic nitrogens is 3. The number of likely N-dealkylation sites (tertiary alicyclic amines) is 1. The molecule has 1 aliphatic rings. The van der Waals surface area contributed by atoms with E-state index in [9.17, 15) is 4.79 Å². The Balaban J connectivity index is 1.45. The first-order valence-corrected chi connectivity index (χ1v) is 9.03. The van der Waals surface area contributed by atoms with Gasteiger partial charge >= 0.3 is 6.03 Å². The molecular weight excluding hydrogens is 366 g/mol. The van der Waals surface area contributed by atoms with Gasteiger partial charge < -0.3 is 14.7 Å². The molecule has 1 fully saturated rings. The molecule has 138 valence electrons. The van der Waals surface area contributed by atoms with Crippen LogP contribution in [0.3, 0.4) is 0 Å². The Labute approximate surface area is 161 Å². The van der Waals surface area contributed by atoms with Gasteiger partial charge in [0.15, 0.2) is 0 Å². The van der Waals surface area contributed by atoms with Crippen molar-refractivity contribution in [2.24, 2.45) is 5.92 Å². The highest BCUT2D eigenvalue weighted by molar-refractivity contribution is 6.30. The van der Waals surface area contributed by atoms with Gasteiger partial charge in [-0.25, -0.2) is 4.79 Å². The third-order valence-electron chi connectivity index (χ3n) is 4.65. The highest BCUT2D eigenvalue weighted by Crippen LogP contribution is 2.32. The Hall–Kier alpha value is -2.93. The van der Waals surface area contributed by atoms with Crippen LogP contribution >= 0.6 is 11.6 Å². The Bertz CT molecular complexity index is 946. The van der Waals surface area contributed by atoms with E-state index < -0.39 is 0 Å². The first kappa shape index (κ1) is 17.5. The van der Waals surface area contributed by atoms with Crippen molar-refractivity contribution < 1.29 is 9.32 Å². The summed E-state index contributed by atoms with van der Waals surface area (Å²) in [6, 6.07) is 10.6. The maximum Gasteiger partial charge on any atom is 0.321 e. The van der Waals surface area contributed by atoms with Crippen molar-refractivity contribution in [3.05, 3.63) is 59.7 Å². The fraction of sp³-hybridized carbons (Fsp3) is 0.263. The van der Waals surface area contributed by atoms with Crippen molar-refractivity contribution in [3.8, 4) is 11.4 Å². The van der Waals surface area contributed by atoms with Crippen molar-refractivity contribution in [2.45, 2.75) is 12.8 Å². The number of hydrogen-bond donors (Lipinski definition) is 1. The summed E-state index contributed by atoms with van der Waals surface area (Å²) in [7, 11) is 0. The summed E-state index contributed by atoms with van der Waals surface area (Å²) in [5.74, 6) is 1.25. The molecule has 2 atom stereocenters. The van der Waals surface area contributed by atoms with Crippen LogP contribution in [0.25, 0.3) is 11.4 Å². The van der Waals surface area contributed by atoms with Crippen molar-refractivity contribution in [1.82, 2.24) is 20.0 Å². The molecule has 1 N–H and O–H groups in total. The van der Waals surface area contributed by atoms with E-state index in [1.54, 1.807) is 41.6 Å². The maximum absolute atomic E-state index is 12.6. The van der Waals surface area contributed by atoms with Gasteiger partial charge in [0.05, 0.1) is 5.92 Å². The average Bonchev–Trinajstić information content (AvgIpc) is 3.29. The summed E-state index contributed by atoms with van der Waals surface area (Å²) < 4.78 is 5.47. The number of nitrogens with one attached hydrogen (secondary N) is 1. The van der Waals surface area contributed by atoms with Gasteiger partial charge in [-0.1, -0.05) is 29.7 Å². The lowest BCUT2D eigenvalue weighted by atomic mass is 9.98. The summed E-state index contributed by atoms with van der Waals surface area (Å²) in [5.41, 5.74) is 1.47. The Morgan fingerprint density at radius 3 is 2.96 bits per heavy atom. The average molecular weight is 384 g/mol. The van der Waals surface area contributed by atoms with Gasteiger partial charge in [0.1, 0.15) is 0 Å². The van der Waals surface area contributed by atoms with E-state index in [-0.39, 0.29) is 17.9 Å². The molecule has 3 aromatic rings. The third-order valence-corrected chi connectivity index (χ3v) is 4.89. The van der Waals surface area contributed by atoms with Crippen LogP contribution in [0.5, 0.6) is 0 Å². The van der Waals surface area contributed by atoms with Gasteiger partial charge in [-0.15, -0.1) is 0 Å². The molecule has 3 heterocycles. The highest BCUT2D eigenvalue weighted by Gasteiger charge is 2.37. The Morgan fingerprint density at radius 2 is 2.19 bits per heavy atom. The fourth-order valence-electron chi connectivity index (χ4n) is 3.22. The smallest absolute Gasteiger partial charge is 0.321 e. The van der Waals surface area contributed by atoms with E-state index in [2.05, 4.69) is 27.4 Å². The number of nitrogens with zero attached hydrogens (tertiary/aromatic N) is 4. The highest BCUT2D eigenvalue weighted by atomic mass is 35.5. The van der Waals surface area contributed by atoms with Crippen LogP contribution in [0, 0.1) is 5.92 Å². The molecule has 0 saturated carbocycles. The number of amides is 2. The number of halogens is 1. The standard InChI is InChI=1S/C19H18ClN5O2/c1-12-10-25(19(26)22-15-6-2-5-14(20)8-15)11-16(12)18-23-17(24-27-18)13-4-3-7-21-9-13/h2-9,12,16H,10-11H2,1H3,(H,22,26). The van der Waals surface area contributed by atoms with Gasteiger partial charge in [0.2, 0.25) is 11.7 Å². The number of urea groups is 1. The van der Waals surface area contributed by atoms with Gasteiger partial charge in [0, 0.05) is 41.8 Å². The van der Waals surface area contributed by atoms with Gasteiger partial charge in [-0.05, 0) is 36.2 Å². The van der Waals surface area contributed by atoms with Crippen molar-refractivity contribution in [3.63, 3.8) is 0 Å². The SMILES string of the molecule is CC1CN(C(=O)Nc2cccc(Cl)c2)CC1c1nc(-c2cccnc2)no1. The second-order valence-electron chi connectivity index (χ2n) is 6.63. The largest absolute Gasteiger partial charge is 0.339 e. The number of carbonyl (C=O) groups excluding carboxylic acids is 1. The monoisotopic (exact) mass is 383 g/mol. The molecule has 0 spiro atoms. The first-order chi connectivity index (χ1) is 13.1. The molecule has 2 unspecified atom stereocenters. The first-order valence-electron chi connectivity index (χ1n) is 8.65. The van der Waals surface area contributed by atoms with E-state index in [1.165, 1.54) is 0 Å². The van der Waals surface area contributed by atoms with Gasteiger partial charge in [0.25, 0.3) is 0 Å². The number of anilines is 1. The fourth-order valence-corrected chi connectivity index (χ4v) is 3.41. The lowest BCUT2D eigenvalue weighted by Crippen LogP contribution is -2.33. The van der Waals surface area contributed by atoms with Crippen molar-refractivity contribution in [2.75, 3.05) is 18.4 Å². The molecule has 1 aromatic carbocycles. The lowest BCUT2D eigenvalue weighted by Gasteiger charge is -2.17. The Morgan fingerprint density at radius 1 is 1.30 bits per heavy atom. The number of rotatable bonds is 3. The zero-order chi connectivity index (χ0) is 18.8. The molecule has 0 bridgehead atoms. The molecule has 0 aliphatic carbocycles. The van der Waals surface area contributed by atoms with Crippen LogP contribution in [0.1, 0.15) is 18.7 Å². The topological polar surface area (TPSA) is 84.2 Å². The minimum absolute atomic E-state index is 0.00645. The molecule has 0 radical (unpaired) electrons. The zero-order valence-electron chi connectivity index (χ0n) is 14.7. The third kappa shape index (κ3) is 3.78. The predicted molar refractivity (Wildman–Crippen MR) is 101 cm³/mol. The van der Waals surface area contributed by atoms with Crippen LogP contribution in [-0.2, 0) is 0 Å². The molecule has 1 saturated heterocycles. The summed E-state index contributed by atoms with van der Waals surface area (Å²) in [5, 5.41) is 7.51. The second-order valence-corrected chi connectivity index (χ2v) is 7.06. The number of pyridine rings is 1. The molecule has 27 heavy (non-hydrogen) atoms. The van der Waals surface area contributed by atoms with E-state index in [1.807, 2.05) is 12.1 Å². The van der Waals surface area contributed by atoms with Crippen molar-refractivity contribution in [1.29, 1.82) is 0 Å². The number of hydrogen-bond acceptors (Lipinski definition) is 5. The molecule has 8 heteroatoms. The minimum atomic E-state index is -0.168.